The molecule has 6 heteroatoms. The number of rotatable bonds is 4. The maximum absolute atomic E-state index is 12.0. The zero-order valence-electron chi connectivity index (χ0n) is 11.8. The third-order valence-electron chi connectivity index (χ3n) is 2.86. The van der Waals surface area contributed by atoms with Gasteiger partial charge in [0, 0.05) is 12.6 Å². The third kappa shape index (κ3) is 4.48. The molecule has 0 aliphatic heterocycles. The van der Waals surface area contributed by atoms with E-state index >= 15 is 0 Å². The average Bonchev–Trinajstić information content (AvgIpc) is 2.45. The van der Waals surface area contributed by atoms with Gasteiger partial charge in [-0.15, -0.1) is 0 Å². The van der Waals surface area contributed by atoms with Gasteiger partial charge in [-0.25, -0.2) is 0 Å². The molecule has 0 aliphatic carbocycles. The number of halogens is 2. The maximum Gasteiger partial charge on any atom is 0.228 e. The largest absolute Gasteiger partial charge is 0.326 e. The van der Waals surface area contributed by atoms with Gasteiger partial charge in [-0.2, -0.15) is 0 Å². The molecule has 0 bridgehead atoms. The summed E-state index contributed by atoms with van der Waals surface area (Å²) in [5.74, 6) is -0.336. The number of benzene rings is 2. The van der Waals surface area contributed by atoms with Crippen LogP contribution in [0, 0.1) is 0 Å². The van der Waals surface area contributed by atoms with Crippen molar-refractivity contribution < 1.29 is 9.59 Å². The van der Waals surface area contributed by atoms with E-state index < -0.39 is 0 Å². The van der Waals surface area contributed by atoms with E-state index in [0.717, 1.165) is 5.56 Å². The molecule has 0 unspecified atom stereocenters. The van der Waals surface area contributed by atoms with E-state index in [2.05, 4.69) is 10.6 Å². The Hall–Kier alpha value is -2.04. The first kappa shape index (κ1) is 16.3. The number of hydrogen-bond acceptors (Lipinski definition) is 2. The number of amides is 2. The van der Waals surface area contributed by atoms with Crippen LogP contribution in [0.15, 0.2) is 42.5 Å². The van der Waals surface area contributed by atoms with Gasteiger partial charge in [0.25, 0.3) is 0 Å². The predicted molar refractivity (Wildman–Crippen MR) is 89.5 cm³/mol. The topological polar surface area (TPSA) is 58.2 Å². The lowest BCUT2D eigenvalue weighted by Crippen LogP contribution is -2.14. The highest BCUT2D eigenvalue weighted by molar-refractivity contribution is 6.43. The van der Waals surface area contributed by atoms with Crippen molar-refractivity contribution in [1.29, 1.82) is 0 Å². The van der Waals surface area contributed by atoms with Crippen molar-refractivity contribution >= 4 is 46.4 Å². The molecule has 2 aromatic rings. The fourth-order valence-electron chi connectivity index (χ4n) is 1.89. The number of carbonyl (C=O) groups excluding carboxylic acids is 2. The van der Waals surface area contributed by atoms with Crippen LogP contribution in [0.3, 0.4) is 0 Å². The van der Waals surface area contributed by atoms with Gasteiger partial charge in [0.15, 0.2) is 0 Å². The summed E-state index contributed by atoms with van der Waals surface area (Å²) in [5, 5.41) is 6.09. The number of hydrogen-bond donors (Lipinski definition) is 2. The molecule has 0 saturated carbocycles. The molecule has 0 aliphatic rings. The van der Waals surface area contributed by atoms with E-state index in [1.165, 1.54) is 6.92 Å². The van der Waals surface area contributed by atoms with Gasteiger partial charge in [0.1, 0.15) is 0 Å². The SMILES string of the molecule is CC(=O)Nc1ccc(CC(=O)Nc2cccc(Cl)c2Cl)cc1. The van der Waals surface area contributed by atoms with E-state index in [4.69, 9.17) is 23.2 Å². The summed E-state index contributed by atoms with van der Waals surface area (Å²) in [6.07, 6.45) is 0.198. The van der Waals surface area contributed by atoms with Crippen molar-refractivity contribution in [2.24, 2.45) is 0 Å². The van der Waals surface area contributed by atoms with Crippen LogP contribution < -0.4 is 10.6 Å². The normalized spacial score (nSPS) is 10.1. The summed E-state index contributed by atoms with van der Waals surface area (Å²) >= 11 is 11.9. The van der Waals surface area contributed by atoms with Crippen molar-refractivity contribution in [3.8, 4) is 0 Å². The Balaban J connectivity index is 2.00. The van der Waals surface area contributed by atoms with Gasteiger partial charge in [0.05, 0.1) is 22.2 Å². The second-order valence-electron chi connectivity index (χ2n) is 4.70. The Labute approximate surface area is 138 Å². The van der Waals surface area contributed by atoms with Crippen molar-refractivity contribution in [3.05, 3.63) is 58.1 Å². The van der Waals surface area contributed by atoms with Gasteiger partial charge in [-0.05, 0) is 29.8 Å². The van der Waals surface area contributed by atoms with Crippen LogP contribution in [0.5, 0.6) is 0 Å². The van der Waals surface area contributed by atoms with Crippen LogP contribution in [0.1, 0.15) is 12.5 Å². The average molecular weight is 337 g/mol. The van der Waals surface area contributed by atoms with Crippen molar-refractivity contribution in [2.45, 2.75) is 13.3 Å². The smallest absolute Gasteiger partial charge is 0.228 e. The van der Waals surface area contributed by atoms with Gasteiger partial charge >= 0.3 is 0 Å². The highest BCUT2D eigenvalue weighted by Gasteiger charge is 2.09. The highest BCUT2D eigenvalue weighted by Crippen LogP contribution is 2.29. The zero-order chi connectivity index (χ0) is 16.1. The fraction of sp³-hybridized carbons (Fsp3) is 0.125. The second kappa shape index (κ2) is 7.29. The molecule has 0 radical (unpaired) electrons. The molecule has 4 nitrogen and oxygen atoms in total. The molecule has 2 N–H and O–H groups in total. The molecular weight excluding hydrogens is 323 g/mol. The molecule has 2 amide bonds. The van der Waals surface area contributed by atoms with Gasteiger partial charge in [-0.1, -0.05) is 41.4 Å². The summed E-state index contributed by atoms with van der Waals surface area (Å²) in [6, 6.07) is 12.1. The minimum Gasteiger partial charge on any atom is -0.326 e. The molecule has 22 heavy (non-hydrogen) atoms. The molecule has 2 rings (SSSR count). The summed E-state index contributed by atoms with van der Waals surface area (Å²) in [6.45, 7) is 1.44. The monoisotopic (exact) mass is 336 g/mol. The number of nitrogens with one attached hydrogen (secondary N) is 2. The Morgan fingerprint density at radius 3 is 2.32 bits per heavy atom. The summed E-state index contributed by atoms with van der Waals surface area (Å²) < 4.78 is 0. The molecule has 0 atom stereocenters. The Morgan fingerprint density at radius 2 is 1.68 bits per heavy atom. The minimum absolute atomic E-state index is 0.138. The highest BCUT2D eigenvalue weighted by atomic mass is 35.5. The van der Waals surface area contributed by atoms with Crippen molar-refractivity contribution in [3.63, 3.8) is 0 Å². The van der Waals surface area contributed by atoms with E-state index in [0.29, 0.717) is 21.4 Å². The number of anilines is 2. The lowest BCUT2D eigenvalue weighted by molar-refractivity contribution is -0.116. The second-order valence-corrected chi connectivity index (χ2v) is 5.49. The summed E-state index contributed by atoms with van der Waals surface area (Å²) in [7, 11) is 0. The van der Waals surface area contributed by atoms with Crippen LogP contribution in [0.25, 0.3) is 0 Å². The van der Waals surface area contributed by atoms with Gasteiger partial charge in [0.2, 0.25) is 11.8 Å². The van der Waals surface area contributed by atoms with Gasteiger partial charge < -0.3 is 10.6 Å². The fourth-order valence-corrected chi connectivity index (χ4v) is 2.24. The molecule has 2 aromatic carbocycles. The Kier molecular flexibility index (Phi) is 5.41. The van der Waals surface area contributed by atoms with E-state index in [1.807, 2.05) is 0 Å². The van der Waals surface area contributed by atoms with Crippen LogP contribution in [-0.4, -0.2) is 11.8 Å². The molecule has 0 saturated heterocycles. The standard InChI is InChI=1S/C16H14Cl2N2O2/c1-10(21)19-12-7-5-11(6-8-12)9-15(22)20-14-4-2-3-13(17)16(14)18/h2-8H,9H2,1H3,(H,19,21)(H,20,22). The maximum atomic E-state index is 12.0. The van der Waals surface area contributed by atoms with Crippen LogP contribution in [0.4, 0.5) is 11.4 Å². The molecular formula is C16H14Cl2N2O2. The minimum atomic E-state index is -0.198. The van der Waals surface area contributed by atoms with Crippen LogP contribution >= 0.6 is 23.2 Å². The predicted octanol–water partition coefficient (Wildman–Crippen LogP) is 4.13. The quantitative estimate of drug-likeness (QED) is 0.881. The first-order chi connectivity index (χ1) is 10.5. The summed E-state index contributed by atoms with van der Waals surface area (Å²) in [4.78, 5) is 23.0. The molecule has 0 fully saturated rings. The zero-order valence-corrected chi connectivity index (χ0v) is 13.3. The summed E-state index contributed by atoms with van der Waals surface area (Å²) in [5.41, 5.74) is 1.99. The number of carbonyl (C=O) groups is 2. The van der Waals surface area contributed by atoms with E-state index in [9.17, 15) is 9.59 Å². The molecule has 0 heterocycles. The molecule has 114 valence electrons. The van der Waals surface area contributed by atoms with Crippen LogP contribution in [0.2, 0.25) is 10.0 Å². The first-order valence-corrected chi connectivity index (χ1v) is 7.31. The van der Waals surface area contributed by atoms with E-state index in [1.54, 1.807) is 42.5 Å². The Bertz CT molecular complexity index is 700. The third-order valence-corrected chi connectivity index (χ3v) is 3.68. The Morgan fingerprint density at radius 1 is 1.00 bits per heavy atom. The first-order valence-electron chi connectivity index (χ1n) is 6.56. The van der Waals surface area contributed by atoms with E-state index in [-0.39, 0.29) is 18.2 Å². The van der Waals surface area contributed by atoms with Crippen LogP contribution in [-0.2, 0) is 16.0 Å². The van der Waals surface area contributed by atoms with Gasteiger partial charge in [-0.3, -0.25) is 9.59 Å². The molecule has 0 spiro atoms. The van der Waals surface area contributed by atoms with Crippen molar-refractivity contribution in [1.82, 2.24) is 0 Å². The lowest BCUT2D eigenvalue weighted by atomic mass is 10.1. The molecule has 0 aromatic heterocycles. The van der Waals surface area contributed by atoms with Crippen molar-refractivity contribution in [2.75, 3.05) is 10.6 Å². The lowest BCUT2D eigenvalue weighted by Gasteiger charge is -2.09.